The fourth-order valence-electron chi connectivity index (χ4n) is 4.25. The number of hydrogen-bond acceptors (Lipinski definition) is 4. The topological polar surface area (TPSA) is 70.4 Å². The van der Waals surface area contributed by atoms with Gasteiger partial charge in [0.15, 0.2) is 11.8 Å². The molecule has 0 radical (unpaired) electrons. The molecule has 3 rings (SSSR count). The first-order valence-electron chi connectivity index (χ1n) is 10.7. The van der Waals surface area contributed by atoms with Crippen molar-refractivity contribution in [1.29, 1.82) is 0 Å². The van der Waals surface area contributed by atoms with Crippen LogP contribution in [-0.2, 0) is 13.6 Å². The van der Waals surface area contributed by atoms with Crippen molar-refractivity contribution in [1.82, 2.24) is 30.3 Å². The Bertz CT molecular complexity index is 616. The molecule has 1 unspecified atom stereocenters. The summed E-state index contributed by atoms with van der Waals surface area (Å²) in [5.74, 6) is 3.61. The monoisotopic (exact) mass is 375 g/mol. The predicted molar refractivity (Wildman–Crippen MR) is 110 cm³/mol. The summed E-state index contributed by atoms with van der Waals surface area (Å²) in [4.78, 5) is 7.41. The molecule has 152 valence electrons. The number of likely N-dealkylation sites (tertiary alicyclic amines) is 1. The van der Waals surface area contributed by atoms with Crippen LogP contribution in [0.3, 0.4) is 0 Å². The van der Waals surface area contributed by atoms with Gasteiger partial charge in [-0.15, -0.1) is 10.2 Å². The van der Waals surface area contributed by atoms with Crippen LogP contribution in [0.15, 0.2) is 4.99 Å². The second-order valence-electron chi connectivity index (χ2n) is 8.29. The molecule has 1 aliphatic carbocycles. The summed E-state index contributed by atoms with van der Waals surface area (Å²) in [5.41, 5.74) is 0. The van der Waals surface area contributed by atoms with Gasteiger partial charge in [0, 0.05) is 25.7 Å². The lowest BCUT2D eigenvalue weighted by Crippen LogP contribution is -2.48. The molecule has 7 heteroatoms. The molecule has 1 aliphatic heterocycles. The molecule has 0 bridgehead atoms. The van der Waals surface area contributed by atoms with E-state index in [0.717, 1.165) is 36.6 Å². The Morgan fingerprint density at radius 2 is 1.96 bits per heavy atom. The van der Waals surface area contributed by atoms with Gasteiger partial charge in [0.2, 0.25) is 0 Å². The van der Waals surface area contributed by atoms with Gasteiger partial charge in [-0.05, 0) is 64.5 Å². The van der Waals surface area contributed by atoms with E-state index in [4.69, 9.17) is 4.99 Å². The van der Waals surface area contributed by atoms with E-state index in [1.165, 1.54) is 45.1 Å². The fourth-order valence-corrected chi connectivity index (χ4v) is 4.25. The molecule has 1 saturated heterocycles. The molecule has 1 atom stereocenters. The number of rotatable bonds is 6. The third kappa shape index (κ3) is 5.43. The Hall–Kier alpha value is -1.63. The van der Waals surface area contributed by atoms with Gasteiger partial charge in [-0.2, -0.15) is 0 Å². The lowest BCUT2D eigenvalue weighted by atomic mass is 9.87. The van der Waals surface area contributed by atoms with Crippen molar-refractivity contribution in [2.75, 3.05) is 19.6 Å². The van der Waals surface area contributed by atoms with Gasteiger partial charge in [-0.1, -0.05) is 13.8 Å². The maximum Gasteiger partial charge on any atom is 0.191 e. The normalized spacial score (nSPS) is 27.1. The first kappa shape index (κ1) is 20.1. The number of nitrogens with zero attached hydrogens (tertiary/aromatic N) is 5. The summed E-state index contributed by atoms with van der Waals surface area (Å²) in [6, 6.07) is 1.14. The number of aryl methyl sites for hydroxylation is 1. The molecule has 2 fully saturated rings. The third-order valence-electron chi connectivity index (χ3n) is 6.33. The first-order valence-corrected chi connectivity index (χ1v) is 10.7. The Kier molecular flexibility index (Phi) is 7.10. The van der Waals surface area contributed by atoms with Crippen LogP contribution in [0.4, 0.5) is 0 Å². The zero-order chi connectivity index (χ0) is 19.2. The van der Waals surface area contributed by atoms with Crippen LogP contribution in [-0.4, -0.2) is 57.3 Å². The van der Waals surface area contributed by atoms with Gasteiger partial charge in [0.25, 0.3) is 0 Å². The lowest BCUT2D eigenvalue weighted by molar-refractivity contribution is 0.266. The number of hydrogen-bond donors (Lipinski definition) is 2. The Labute approximate surface area is 164 Å². The molecule has 2 aliphatic rings. The van der Waals surface area contributed by atoms with Crippen LogP contribution in [0.1, 0.15) is 64.0 Å². The fraction of sp³-hybridized carbons (Fsp3) is 0.850. The average Bonchev–Trinajstić information content (AvgIpc) is 3.26. The average molecular weight is 376 g/mol. The summed E-state index contributed by atoms with van der Waals surface area (Å²) >= 11 is 0. The van der Waals surface area contributed by atoms with Crippen LogP contribution in [0.5, 0.6) is 0 Å². The molecule has 0 spiro atoms. The maximum atomic E-state index is 4.85. The van der Waals surface area contributed by atoms with Crippen molar-refractivity contribution in [3.63, 3.8) is 0 Å². The van der Waals surface area contributed by atoms with Gasteiger partial charge >= 0.3 is 0 Å². The quantitative estimate of drug-likeness (QED) is 0.589. The SMILES string of the molecule is CCN1CCCC1CNC(=NCc1nnc(C)n1C)NC1CCC(C)CC1. The molecule has 0 aromatic carbocycles. The van der Waals surface area contributed by atoms with Crippen LogP contribution >= 0.6 is 0 Å². The highest BCUT2D eigenvalue weighted by Gasteiger charge is 2.24. The standard InChI is InChI=1S/C20H37N7/c1-5-27-12-6-7-18(27)13-21-20(23-17-10-8-15(2)9-11-17)22-14-19-25-24-16(3)26(19)4/h15,17-18H,5-14H2,1-4H3,(H2,21,22,23). The number of aliphatic imine (C=N–C) groups is 1. The van der Waals surface area contributed by atoms with E-state index in [0.29, 0.717) is 18.6 Å². The second kappa shape index (κ2) is 9.53. The minimum absolute atomic E-state index is 0.527. The van der Waals surface area contributed by atoms with Crippen molar-refractivity contribution in [3.8, 4) is 0 Å². The molecule has 27 heavy (non-hydrogen) atoms. The number of guanidine groups is 1. The highest BCUT2D eigenvalue weighted by atomic mass is 15.3. The van der Waals surface area contributed by atoms with E-state index in [-0.39, 0.29) is 0 Å². The molecule has 1 saturated carbocycles. The molecule has 7 nitrogen and oxygen atoms in total. The Morgan fingerprint density at radius 1 is 1.19 bits per heavy atom. The minimum Gasteiger partial charge on any atom is -0.355 e. The number of nitrogens with one attached hydrogen (secondary N) is 2. The highest BCUT2D eigenvalue weighted by molar-refractivity contribution is 5.80. The zero-order valence-corrected chi connectivity index (χ0v) is 17.5. The van der Waals surface area contributed by atoms with Crippen LogP contribution in [0.25, 0.3) is 0 Å². The molecule has 0 amide bonds. The summed E-state index contributed by atoms with van der Waals surface area (Å²) in [6.07, 6.45) is 7.65. The Balaban J connectivity index is 1.62. The molecule has 2 N–H and O–H groups in total. The molecular formula is C20H37N7. The maximum absolute atomic E-state index is 4.85. The van der Waals surface area contributed by atoms with Crippen molar-refractivity contribution < 1.29 is 0 Å². The van der Waals surface area contributed by atoms with Gasteiger partial charge in [0.1, 0.15) is 12.4 Å². The van der Waals surface area contributed by atoms with Crippen LogP contribution < -0.4 is 10.6 Å². The molecule has 1 aromatic rings. The second-order valence-corrected chi connectivity index (χ2v) is 8.29. The Morgan fingerprint density at radius 3 is 2.63 bits per heavy atom. The minimum atomic E-state index is 0.527. The largest absolute Gasteiger partial charge is 0.355 e. The number of likely N-dealkylation sites (N-methyl/N-ethyl adjacent to an activating group) is 1. The van der Waals surface area contributed by atoms with Crippen molar-refractivity contribution in [3.05, 3.63) is 11.6 Å². The van der Waals surface area contributed by atoms with Gasteiger partial charge in [0.05, 0.1) is 0 Å². The van der Waals surface area contributed by atoms with E-state index in [2.05, 4.69) is 39.6 Å². The zero-order valence-electron chi connectivity index (χ0n) is 17.5. The molecular weight excluding hydrogens is 338 g/mol. The molecule has 2 heterocycles. The van der Waals surface area contributed by atoms with Gasteiger partial charge in [-0.3, -0.25) is 4.90 Å². The van der Waals surface area contributed by atoms with E-state index < -0.39 is 0 Å². The number of aromatic nitrogens is 3. The van der Waals surface area contributed by atoms with Crippen LogP contribution in [0, 0.1) is 12.8 Å². The van der Waals surface area contributed by atoms with Crippen molar-refractivity contribution in [2.24, 2.45) is 18.0 Å². The van der Waals surface area contributed by atoms with Gasteiger partial charge in [-0.25, -0.2) is 4.99 Å². The van der Waals surface area contributed by atoms with Crippen LogP contribution in [0.2, 0.25) is 0 Å². The van der Waals surface area contributed by atoms with E-state index in [1.807, 2.05) is 18.5 Å². The molecule has 1 aromatic heterocycles. The summed E-state index contributed by atoms with van der Waals surface area (Å²) in [7, 11) is 2.00. The highest BCUT2D eigenvalue weighted by Crippen LogP contribution is 2.23. The van der Waals surface area contributed by atoms with E-state index in [9.17, 15) is 0 Å². The van der Waals surface area contributed by atoms with E-state index in [1.54, 1.807) is 0 Å². The lowest BCUT2D eigenvalue weighted by Gasteiger charge is -2.29. The summed E-state index contributed by atoms with van der Waals surface area (Å²) in [5, 5.41) is 15.7. The van der Waals surface area contributed by atoms with E-state index >= 15 is 0 Å². The smallest absolute Gasteiger partial charge is 0.191 e. The summed E-state index contributed by atoms with van der Waals surface area (Å²) < 4.78 is 2.01. The third-order valence-corrected chi connectivity index (χ3v) is 6.33. The first-order chi connectivity index (χ1) is 13.1. The van der Waals surface area contributed by atoms with Crippen molar-refractivity contribution in [2.45, 2.75) is 77.9 Å². The van der Waals surface area contributed by atoms with Crippen molar-refractivity contribution >= 4 is 5.96 Å². The van der Waals surface area contributed by atoms with Gasteiger partial charge < -0.3 is 15.2 Å². The predicted octanol–water partition coefficient (Wildman–Crippen LogP) is 2.22. The summed E-state index contributed by atoms with van der Waals surface area (Å²) in [6.45, 7) is 10.5.